The standard InChI is InChI=1S/C31H36BN3O2/c1-21-27(18-28(36)37)30(35-15-12-31(3,32)13-16-35)29(22(2)33-21)25-9-10-26-20-34(14-11-24(26)17-25)19-23-7-5-4-6-8-23/h4-10,17H,11-16,18-20H2,1-3H3,(H,36,37). The minimum atomic E-state index is -0.828. The van der Waals surface area contributed by atoms with Crippen LogP contribution in [0.1, 0.15) is 53.4 Å². The van der Waals surface area contributed by atoms with E-state index >= 15 is 0 Å². The van der Waals surface area contributed by atoms with E-state index in [4.69, 9.17) is 12.8 Å². The Morgan fingerprint density at radius 2 is 1.76 bits per heavy atom. The van der Waals surface area contributed by atoms with Crippen molar-refractivity contribution in [3.8, 4) is 11.1 Å². The molecule has 2 aliphatic heterocycles. The molecule has 2 aliphatic rings. The fourth-order valence-electron chi connectivity index (χ4n) is 5.91. The fourth-order valence-corrected chi connectivity index (χ4v) is 5.91. The second-order valence-electron chi connectivity index (χ2n) is 11.1. The highest BCUT2D eigenvalue weighted by Gasteiger charge is 2.30. The van der Waals surface area contributed by atoms with E-state index in [1.54, 1.807) is 0 Å². The number of piperidine rings is 1. The topological polar surface area (TPSA) is 56.7 Å². The molecule has 0 unspecified atom stereocenters. The zero-order valence-electron chi connectivity index (χ0n) is 22.3. The first-order chi connectivity index (χ1) is 17.7. The predicted octanol–water partition coefficient (Wildman–Crippen LogP) is 5.50. The van der Waals surface area contributed by atoms with Gasteiger partial charge in [0.2, 0.25) is 0 Å². The molecule has 1 aromatic heterocycles. The van der Waals surface area contributed by atoms with E-state index in [-0.39, 0.29) is 11.7 Å². The Kier molecular flexibility index (Phi) is 7.13. The second-order valence-corrected chi connectivity index (χ2v) is 11.1. The van der Waals surface area contributed by atoms with Gasteiger partial charge in [-0.1, -0.05) is 60.8 Å². The number of pyridine rings is 1. The van der Waals surface area contributed by atoms with Crippen LogP contribution in [0.4, 0.5) is 5.69 Å². The van der Waals surface area contributed by atoms with Crippen LogP contribution in [0.15, 0.2) is 48.5 Å². The highest BCUT2D eigenvalue weighted by Crippen LogP contribution is 2.43. The number of aliphatic carboxylic acids is 1. The van der Waals surface area contributed by atoms with E-state index in [0.29, 0.717) is 0 Å². The number of aryl methyl sites for hydroxylation is 2. The quantitative estimate of drug-likeness (QED) is 0.460. The number of anilines is 1. The van der Waals surface area contributed by atoms with Gasteiger partial charge in [-0.3, -0.25) is 14.7 Å². The molecule has 190 valence electrons. The van der Waals surface area contributed by atoms with Crippen molar-refractivity contribution < 1.29 is 9.90 Å². The van der Waals surface area contributed by atoms with Crippen molar-refractivity contribution in [2.45, 2.75) is 64.9 Å². The Labute approximate surface area is 221 Å². The van der Waals surface area contributed by atoms with Crippen LogP contribution in [0, 0.1) is 13.8 Å². The van der Waals surface area contributed by atoms with Gasteiger partial charge in [0, 0.05) is 55.2 Å². The number of carbonyl (C=O) groups is 1. The van der Waals surface area contributed by atoms with Crippen molar-refractivity contribution in [1.29, 1.82) is 0 Å². The molecule has 0 amide bonds. The second kappa shape index (κ2) is 10.3. The van der Waals surface area contributed by atoms with E-state index in [1.807, 2.05) is 6.92 Å². The lowest BCUT2D eigenvalue weighted by atomic mass is 9.64. The van der Waals surface area contributed by atoms with Crippen LogP contribution in [0.3, 0.4) is 0 Å². The van der Waals surface area contributed by atoms with Gasteiger partial charge < -0.3 is 10.0 Å². The fraction of sp³-hybridized carbons (Fsp3) is 0.419. The average molecular weight is 493 g/mol. The smallest absolute Gasteiger partial charge is 0.307 e. The maximum atomic E-state index is 11.9. The van der Waals surface area contributed by atoms with Gasteiger partial charge in [0.1, 0.15) is 0 Å². The molecule has 2 radical (unpaired) electrons. The van der Waals surface area contributed by atoms with Crippen molar-refractivity contribution in [1.82, 2.24) is 9.88 Å². The number of benzene rings is 2. The van der Waals surface area contributed by atoms with Crippen LogP contribution in [-0.4, -0.2) is 48.4 Å². The molecular weight excluding hydrogens is 457 g/mol. The molecular formula is C31H36BN3O2. The minimum Gasteiger partial charge on any atom is -0.481 e. The summed E-state index contributed by atoms with van der Waals surface area (Å²) in [5.41, 5.74) is 9.88. The number of fused-ring (bicyclic) bond motifs is 1. The Balaban J connectivity index is 1.51. The predicted molar refractivity (Wildman–Crippen MR) is 150 cm³/mol. The Bertz CT molecular complexity index is 1300. The molecule has 0 saturated carbocycles. The van der Waals surface area contributed by atoms with Gasteiger partial charge >= 0.3 is 5.97 Å². The van der Waals surface area contributed by atoms with Crippen LogP contribution in [0.25, 0.3) is 11.1 Å². The van der Waals surface area contributed by atoms with Crippen LogP contribution < -0.4 is 4.90 Å². The molecule has 5 rings (SSSR count). The largest absolute Gasteiger partial charge is 0.481 e. The number of nitrogens with zero attached hydrogens (tertiary/aromatic N) is 3. The minimum absolute atomic E-state index is 0.0305. The highest BCUT2D eigenvalue weighted by molar-refractivity contribution is 6.15. The van der Waals surface area contributed by atoms with Crippen LogP contribution in [-0.2, 0) is 30.7 Å². The molecule has 37 heavy (non-hydrogen) atoms. The van der Waals surface area contributed by atoms with E-state index in [1.165, 1.54) is 16.7 Å². The summed E-state index contributed by atoms with van der Waals surface area (Å²) in [6, 6.07) is 17.4. The first-order valence-corrected chi connectivity index (χ1v) is 13.3. The van der Waals surface area contributed by atoms with Crippen molar-refractivity contribution >= 4 is 19.5 Å². The van der Waals surface area contributed by atoms with E-state index in [2.05, 4.69) is 72.2 Å². The van der Waals surface area contributed by atoms with Crippen molar-refractivity contribution in [3.63, 3.8) is 0 Å². The average Bonchev–Trinajstić information content (AvgIpc) is 2.86. The lowest BCUT2D eigenvalue weighted by Crippen LogP contribution is -2.37. The van der Waals surface area contributed by atoms with Gasteiger partial charge in [0.15, 0.2) is 0 Å². The van der Waals surface area contributed by atoms with Crippen LogP contribution in [0.5, 0.6) is 0 Å². The number of aromatic nitrogens is 1. The number of carboxylic acids is 1. The summed E-state index contributed by atoms with van der Waals surface area (Å²) in [6.07, 6.45) is 2.72. The molecule has 6 heteroatoms. The summed E-state index contributed by atoms with van der Waals surface area (Å²) >= 11 is 0. The summed E-state index contributed by atoms with van der Waals surface area (Å²) in [4.78, 5) is 21.6. The van der Waals surface area contributed by atoms with E-state index in [9.17, 15) is 9.90 Å². The molecule has 1 N–H and O–H groups in total. The summed E-state index contributed by atoms with van der Waals surface area (Å²) in [7, 11) is 6.44. The SMILES string of the molecule is [B]C1(C)CCN(c2c(CC(=O)O)c(C)nc(C)c2-c2ccc3c(c2)CCN(Cc2ccccc2)C3)CC1. The monoisotopic (exact) mass is 493 g/mol. The summed E-state index contributed by atoms with van der Waals surface area (Å²) in [6.45, 7) is 10.6. The normalized spacial score (nSPS) is 17.4. The lowest BCUT2D eigenvalue weighted by molar-refractivity contribution is -0.136. The molecule has 0 spiro atoms. The molecule has 5 nitrogen and oxygen atoms in total. The number of carboxylic acid groups (broad SMARTS) is 1. The van der Waals surface area contributed by atoms with Gasteiger partial charge in [-0.15, -0.1) is 0 Å². The van der Waals surface area contributed by atoms with Gasteiger partial charge in [-0.05, 0) is 55.4 Å². The Morgan fingerprint density at radius 3 is 2.46 bits per heavy atom. The zero-order chi connectivity index (χ0) is 26.2. The van der Waals surface area contributed by atoms with Crippen LogP contribution in [0.2, 0.25) is 5.31 Å². The molecule has 1 saturated heterocycles. The molecule has 0 bridgehead atoms. The lowest BCUT2D eigenvalue weighted by Gasteiger charge is -2.40. The molecule has 2 aromatic carbocycles. The van der Waals surface area contributed by atoms with Gasteiger partial charge in [-0.25, -0.2) is 0 Å². The van der Waals surface area contributed by atoms with Crippen LogP contribution >= 0.6 is 0 Å². The summed E-state index contributed by atoms with van der Waals surface area (Å²) in [5.74, 6) is -0.828. The molecule has 1 fully saturated rings. The third kappa shape index (κ3) is 5.59. The van der Waals surface area contributed by atoms with Crippen molar-refractivity contribution in [3.05, 3.63) is 82.2 Å². The number of hydrogen-bond acceptors (Lipinski definition) is 4. The first kappa shape index (κ1) is 25.5. The highest BCUT2D eigenvalue weighted by atomic mass is 16.4. The summed E-state index contributed by atoms with van der Waals surface area (Å²) in [5, 5.41) is 9.56. The summed E-state index contributed by atoms with van der Waals surface area (Å²) < 4.78 is 0. The zero-order valence-corrected chi connectivity index (χ0v) is 22.3. The molecule has 3 aromatic rings. The van der Waals surface area contributed by atoms with E-state index in [0.717, 1.165) is 85.8 Å². The number of rotatable bonds is 6. The first-order valence-electron chi connectivity index (χ1n) is 13.3. The molecule has 0 atom stereocenters. The van der Waals surface area contributed by atoms with Gasteiger partial charge in [0.05, 0.1) is 20.0 Å². The van der Waals surface area contributed by atoms with E-state index < -0.39 is 5.97 Å². The molecule has 0 aliphatic carbocycles. The maximum absolute atomic E-state index is 11.9. The number of hydrogen-bond donors (Lipinski definition) is 1. The Hall–Kier alpha value is -3.12. The third-order valence-corrected chi connectivity index (χ3v) is 8.04. The van der Waals surface area contributed by atoms with Crippen molar-refractivity contribution in [2.75, 3.05) is 24.5 Å². The molecule has 3 heterocycles. The Morgan fingerprint density at radius 1 is 1.03 bits per heavy atom. The third-order valence-electron chi connectivity index (χ3n) is 8.04. The van der Waals surface area contributed by atoms with Crippen molar-refractivity contribution in [2.24, 2.45) is 0 Å². The van der Waals surface area contributed by atoms with Gasteiger partial charge in [0.25, 0.3) is 0 Å². The van der Waals surface area contributed by atoms with Gasteiger partial charge in [-0.2, -0.15) is 0 Å². The maximum Gasteiger partial charge on any atom is 0.307 e.